The smallest absolute Gasteiger partial charge is 0.220 e. The molecule has 0 atom stereocenters. The molecule has 1 saturated carbocycles. The van der Waals surface area contributed by atoms with E-state index in [4.69, 9.17) is 0 Å². The highest BCUT2D eigenvalue weighted by molar-refractivity contribution is 7.18. The molecule has 0 unspecified atom stereocenters. The summed E-state index contributed by atoms with van der Waals surface area (Å²) in [5, 5.41) is 4.05. The Morgan fingerprint density at radius 2 is 2.24 bits per heavy atom. The highest BCUT2D eigenvalue weighted by atomic mass is 32.1. The lowest BCUT2D eigenvalue weighted by Gasteiger charge is -2.00. The highest BCUT2D eigenvalue weighted by Crippen LogP contribution is 2.23. The quantitative estimate of drug-likeness (QED) is 0.900. The Balaban J connectivity index is 1.61. The number of carbonyl (C=O) groups excluding carboxylic acids is 1. The number of carbonyl (C=O) groups is 1. The first-order chi connectivity index (χ1) is 8.31. The van der Waals surface area contributed by atoms with Gasteiger partial charge in [-0.1, -0.05) is 12.1 Å². The van der Waals surface area contributed by atoms with Gasteiger partial charge in [0.2, 0.25) is 5.91 Å². The number of thiazole rings is 1. The van der Waals surface area contributed by atoms with Crippen molar-refractivity contribution in [1.82, 2.24) is 10.3 Å². The lowest BCUT2D eigenvalue weighted by atomic mass is 10.3. The third kappa shape index (κ3) is 2.64. The summed E-state index contributed by atoms with van der Waals surface area (Å²) < 4.78 is 1.20. The minimum absolute atomic E-state index is 0.159. The molecular formula is C13H14N2OS. The predicted octanol–water partition coefficient (Wildman–Crippen LogP) is 2.51. The van der Waals surface area contributed by atoms with Gasteiger partial charge in [-0.05, 0) is 25.0 Å². The van der Waals surface area contributed by atoms with Gasteiger partial charge >= 0.3 is 0 Å². The highest BCUT2D eigenvalue weighted by Gasteiger charge is 2.22. The average Bonchev–Trinajstić information content (AvgIpc) is 3.03. The zero-order valence-electron chi connectivity index (χ0n) is 9.48. The molecular weight excluding hydrogens is 232 g/mol. The fourth-order valence-corrected chi connectivity index (χ4v) is 2.74. The fraction of sp³-hybridized carbons (Fsp3) is 0.385. The second kappa shape index (κ2) is 4.45. The van der Waals surface area contributed by atoms with Crippen LogP contribution in [0.4, 0.5) is 0 Å². The van der Waals surface area contributed by atoms with Gasteiger partial charge in [-0.15, -0.1) is 11.3 Å². The summed E-state index contributed by atoms with van der Waals surface area (Å²) in [6.45, 7) is 0. The van der Waals surface area contributed by atoms with Crippen molar-refractivity contribution in [2.24, 2.45) is 0 Å². The molecule has 1 aromatic heterocycles. The lowest BCUT2D eigenvalue weighted by Crippen LogP contribution is -2.25. The molecule has 1 aliphatic carbocycles. The zero-order valence-corrected chi connectivity index (χ0v) is 10.3. The molecule has 1 aliphatic rings. The van der Waals surface area contributed by atoms with Crippen LogP contribution in [0.25, 0.3) is 10.2 Å². The van der Waals surface area contributed by atoms with E-state index in [2.05, 4.69) is 16.4 Å². The van der Waals surface area contributed by atoms with Crippen LogP contribution < -0.4 is 5.32 Å². The van der Waals surface area contributed by atoms with Gasteiger partial charge in [0.25, 0.3) is 0 Å². The number of aromatic nitrogens is 1. The van der Waals surface area contributed by atoms with E-state index in [9.17, 15) is 4.79 Å². The molecule has 0 bridgehead atoms. The maximum Gasteiger partial charge on any atom is 0.220 e. The van der Waals surface area contributed by atoms with Gasteiger partial charge in [0.1, 0.15) is 0 Å². The van der Waals surface area contributed by atoms with Crippen molar-refractivity contribution in [3.8, 4) is 0 Å². The van der Waals surface area contributed by atoms with Gasteiger partial charge in [0.15, 0.2) is 0 Å². The van der Waals surface area contributed by atoms with Gasteiger partial charge < -0.3 is 5.32 Å². The normalized spacial score (nSPS) is 15.1. The van der Waals surface area contributed by atoms with Crippen LogP contribution in [-0.4, -0.2) is 16.9 Å². The van der Waals surface area contributed by atoms with Crippen LogP contribution in [0.5, 0.6) is 0 Å². The summed E-state index contributed by atoms with van der Waals surface area (Å²) in [4.78, 5) is 16.1. The first-order valence-corrected chi connectivity index (χ1v) is 6.77. The monoisotopic (exact) mass is 246 g/mol. The minimum Gasteiger partial charge on any atom is -0.353 e. The van der Waals surface area contributed by atoms with Crippen LogP contribution in [0.1, 0.15) is 24.3 Å². The SMILES string of the molecule is O=C(CCc1nc2ccccc2s1)NC1CC1. The van der Waals surface area contributed by atoms with Gasteiger partial charge in [0, 0.05) is 18.9 Å². The number of para-hydroxylation sites is 1. The largest absolute Gasteiger partial charge is 0.353 e. The van der Waals surface area contributed by atoms with E-state index in [1.54, 1.807) is 11.3 Å². The molecule has 17 heavy (non-hydrogen) atoms. The number of amides is 1. The van der Waals surface area contributed by atoms with E-state index in [0.717, 1.165) is 29.8 Å². The number of nitrogens with one attached hydrogen (secondary N) is 1. The van der Waals surface area contributed by atoms with Crippen molar-refractivity contribution in [2.75, 3.05) is 0 Å². The maximum absolute atomic E-state index is 11.5. The molecule has 1 N–H and O–H groups in total. The van der Waals surface area contributed by atoms with Crippen molar-refractivity contribution in [3.63, 3.8) is 0 Å². The first kappa shape index (κ1) is 10.7. The second-order valence-corrected chi connectivity index (χ2v) is 5.53. The molecule has 1 amide bonds. The standard InChI is InChI=1S/C13H14N2OS/c16-12(14-9-5-6-9)7-8-13-15-10-3-1-2-4-11(10)17-13/h1-4,9H,5-8H2,(H,14,16). The summed E-state index contributed by atoms with van der Waals surface area (Å²) in [6.07, 6.45) is 3.59. The number of hydrogen-bond donors (Lipinski definition) is 1. The molecule has 0 spiro atoms. The molecule has 3 nitrogen and oxygen atoms in total. The van der Waals surface area contributed by atoms with E-state index < -0.39 is 0 Å². The molecule has 3 rings (SSSR count). The molecule has 4 heteroatoms. The van der Waals surface area contributed by atoms with Crippen molar-refractivity contribution in [1.29, 1.82) is 0 Å². The molecule has 1 aromatic carbocycles. The molecule has 1 heterocycles. The summed E-state index contributed by atoms with van der Waals surface area (Å²) in [6, 6.07) is 8.55. The van der Waals surface area contributed by atoms with Gasteiger partial charge in [-0.2, -0.15) is 0 Å². The Hall–Kier alpha value is -1.42. The summed E-state index contributed by atoms with van der Waals surface area (Å²) in [5.74, 6) is 0.159. The van der Waals surface area contributed by atoms with Crippen molar-refractivity contribution in [3.05, 3.63) is 29.3 Å². The summed E-state index contributed by atoms with van der Waals surface area (Å²) in [7, 11) is 0. The maximum atomic E-state index is 11.5. The molecule has 0 saturated heterocycles. The molecule has 0 radical (unpaired) electrons. The van der Waals surface area contributed by atoms with Gasteiger partial charge in [-0.25, -0.2) is 4.98 Å². The predicted molar refractivity (Wildman–Crippen MR) is 69.1 cm³/mol. The fourth-order valence-electron chi connectivity index (χ4n) is 1.77. The second-order valence-electron chi connectivity index (χ2n) is 4.42. The Morgan fingerprint density at radius 3 is 3.00 bits per heavy atom. The third-order valence-corrected chi connectivity index (χ3v) is 3.94. The van der Waals surface area contributed by atoms with Crippen molar-refractivity contribution in [2.45, 2.75) is 31.7 Å². The van der Waals surface area contributed by atoms with Crippen LogP contribution in [0.15, 0.2) is 24.3 Å². The van der Waals surface area contributed by atoms with E-state index in [0.29, 0.717) is 12.5 Å². The number of hydrogen-bond acceptors (Lipinski definition) is 3. The summed E-state index contributed by atoms with van der Waals surface area (Å²) in [5.41, 5.74) is 1.04. The number of rotatable bonds is 4. The van der Waals surface area contributed by atoms with E-state index in [-0.39, 0.29) is 5.91 Å². The topological polar surface area (TPSA) is 42.0 Å². The van der Waals surface area contributed by atoms with Crippen LogP contribution in [0.2, 0.25) is 0 Å². The average molecular weight is 246 g/mol. The van der Waals surface area contributed by atoms with Crippen molar-refractivity contribution >= 4 is 27.5 Å². The molecule has 0 aliphatic heterocycles. The molecule has 88 valence electrons. The number of fused-ring (bicyclic) bond motifs is 1. The van der Waals surface area contributed by atoms with Crippen LogP contribution >= 0.6 is 11.3 Å². The van der Waals surface area contributed by atoms with E-state index in [1.165, 1.54) is 4.70 Å². The van der Waals surface area contributed by atoms with E-state index >= 15 is 0 Å². The number of benzene rings is 1. The van der Waals surface area contributed by atoms with Gasteiger partial charge in [0.05, 0.1) is 15.2 Å². The number of aryl methyl sites for hydroxylation is 1. The third-order valence-electron chi connectivity index (χ3n) is 2.85. The van der Waals surface area contributed by atoms with E-state index in [1.807, 2.05) is 18.2 Å². The minimum atomic E-state index is 0.159. The molecule has 1 fully saturated rings. The zero-order chi connectivity index (χ0) is 11.7. The van der Waals surface area contributed by atoms with Crippen LogP contribution in [-0.2, 0) is 11.2 Å². The number of nitrogens with zero attached hydrogens (tertiary/aromatic N) is 1. The van der Waals surface area contributed by atoms with Crippen LogP contribution in [0, 0.1) is 0 Å². The summed E-state index contributed by atoms with van der Waals surface area (Å²) >= 11 is 1.68. The Morgan fingerprint density at radius 1 is 1.41 bits per heavy atom. The lowest BCUT2D eigenvalue weighted by molar-refractivity contribution is -0.121. The molecule has 2 aromatic rings. The Labute approximate surface area is 104 Å². The van der Waals surface area contributed by atoms with Crippen molar-refractivity contribution < 1.29 is 4.79 Å². The Kier molecular flexibility index (Phi) is 2.81. The van der Waals surface area contributed by atoms with Crippen LogP contribution in [0.3, 0.4) is 0 Å². The van der Waals surface area contributed by atoms with Gasteiger partial charge in [-0.3, -0.25) is 4.79 Å². The Bertz CT molecular complexity index is 512. The first-order valence-electron chi connectivity index (χ1n) is 5.95.